The second-order valence-corrected chi connectivity index (χ2v) is 6.42. The van der Waals surface area contributed by atoms with Gasteiger partial charge in [-0.2, -0.15) is 0 Å². The number of nitrogens with zero attached hydrogens (tertiary/aromatic N) is 1. The Morgan fingerprint density at radius 3 is 2.62 bits per heavy atom. The summed E-state index contributed by atoms with van der Waals surface area (Å²) in [4.78, 5) is 17.3. The molecule has 24 heavy (non-hydrogen) atoms. The van der Waals surface area contributed by atoms with Crippen molar-refractivity contribution >= 4 is 17.8 Å². The van der Waals surface area contributed by atoms with Gasteiger partial charge < -0.3 is 14.6 Å². The van der Waals surface area contributed by atoms with Crippen molar-refractivity contribution in [1.29, 1.82) is 0 Å². The summed E-state index contributed by atoms with van der Waals surface area (Å²) in [6.45, 7) is 10.9. The SMILES string of the molecule is C=Cc1[nH]cc(CCN(C)C)c1C(=C)OC(=O)CCCCCCC. The van der Waals surface area contributed by atoms with Crippen molar-refractivity contribution in [2.45, 2.75) is 51.9 Å². The molecule has 0 atom stereocenters. The van der Waals surface area contributed by atoms with E-state index >= 15 is 0 Å². The summed E-state index contributed by atoms with van der Waals surface area (Å²) in [5.74, 6) is 0.213. The number of likely N-dealkylation sites (N-methyl/N-ethyl adjacent to an activating group) is 1. The number of hydrogen-bond acceptors (Lipinski definition) is 3. The Kier molecular flexibility index (Phi) is 9.16. The van der Waals surface area contributed by atoms with Crippen molar-refractivity contribution in [3.05, 3.63) is 36.2 Å². The summed E-state index contributed by atoms with van der Waals surface area (Å²) in [7, 11) is 4.07. The zero-order valence-electron chi connectivity index (χ0n) is 15.5. The third-order valence-electron chi connectivity index (χ3n) is 4.03. The van der Waals surface area contributed by atoms with Crippen LogP contribution in [-0.4, -0.2) is 36.5 Å². The number of hydrogen-bond donors (Lipinski definition) is 1. The van der Waals surface area contributed by atoms with Crippen LogP contribution >= 0.6 is 0 Å². The first kappa shape index (κ1) is 20.2. The first-order chi connectivity index (χ1) is 11.5. The molecule has 0 unspecified atom stereocenters. The van der Waals surface area contributed by atoms with Gasteiger partial charge in [0.25, 0.3) is 0 Å². The average molecular weight is 332 g/mol. The lowest BCUT2D eigenvalue weighted by Crippen LogP contribution is -2.15. The minimum atomic E-state index is -0.203. The molecule has 4 nitrogen and oxygen atoms in total. The second-order valence-electron chi connectivity index (χ2n) is 6.42. The van der Waals surface area contributed by atoms with Gasteiger partial charge in [0.2, 0.25) is 0 Å². The van der Waals surface area contributed by atoms with Gasteiger partial charge in [-0.1, -0.05) is 45.8 Å². The van der Waals surface area contributed by atoms with E-state index in [0.29, 0.717) is 12.2 Å². The van der Waals surface area contributed by atoms with Gasteiger partial charge in [0.05, 0.1) is 0 Å². The first-order valence-corrected chi connectivity index (χ1v) is 8.87. The van der Waals surface area contributed by atoms with Crippen molar-refractivity contribution < 1.29 is 9.53 Å². The molecule has 1 aromatic rings. The Morgan fingerprint density at radius 2 is 2.00 bits per heavy atom. The molecule has 4 heteroatoms. The molecule has 1 heterocycles. The molecule has 0 spiro atoms. The topological polar surface area (TPSA) is 45.3 Å². The van der Waals surface area contributed by atoms with Crippen LogP contribution in [0.4, 0.5) is 0 Å². The zero-order valence-corrected chi connectivity index (χ0v) is 15.5. The highest BCUT2D eigenvalue weighted by Gasteiger charge is 2.16. The molecular weight excluding hydrogens is 300 g/mol. The maximum Gasteiger partial charge on any atom is 0.311 e. The van der Waals surface area contributed by atoms with Gasteiger partial charge in [0.1, 0.15) is 5.76 Å². The van der Waals surface area contributed by atoms with Crippen molar-refractivity contribution in [3.8, 4) is 0 Å². The second kappa shape index (κ2) is 10.9. The maximum absolute atomic E-state index is 12.0. The van der Waals surface area contributed by atoms with Gasteiger partial charge in [0.15, 0.2) is 0 Å². The van der Waals surface area contributed by atoms with E-state index < -0.39 is 0 Å². The van der Waals surface area contributed by atoms with Crippen LogP contribution in [0.15, 0.2) is 19.4 Å². The molecule has 0 fully saturated rings. The van der Waals surface area contributed by atoms with E-state index in [2.05, 4.69) is 30.0 Å². The lowest BCUT2D eigenvalue weighted by Gasteiger charge is -2.12. The molecule has 134 valence electrons. The number of carbonyl (C=O) groups excluding carboxylic acids is 1. The Labute approximate surface area is 146 Å². The Morgan fingerprint density at radius 1 is 1.29 bits per heavy atom. The molecular formula is C20H32N2O2. The van der Waals surface area contributed by atoms with Crippen LogP contribution in [0.2, 0.25) is 0 Å². The number of esters is 1. The summed E-state index contributed by atoms with van der Waals surface area (Å²) in [5, 5.41) is 0. The van der Waals surface area contributed by atoms with Crippen molar-refractivity contribution in [3.63, 3.8) is 0 Å². The van der Waals surface area contributed by atoms with E-state index in [1.54, 1.807) is 6.08 Å². The highest BCUT2D eigenvalue weighted by molar-refractivity contribution is 5.80. The fourth-order valence-corrected chi connectivity index (χ4v) is 2.63. The quantitative estimate of drug-likeness (QED) is 0.345. The number of ether oxygens (including phenoxy) is 1. The lowest BCUT2D eigenvalue weighted by atomic mass is 10.1. The minimum absolute atomic E-state index is 0.203. The monoisotopic (exact) mass is 332 g/mol. The number of aromatic nitrogens is 1. The third-order valence-corrected chi connectivity index (χ3v) is 4.03. The van der Waals surface area contributed by atoms with Crippen LogP contribution in [-0.2, 0) is 16.0 Å². The fourth-order valence-electron chi connectivity index (χ4n) is 2.63. The zero-order chi connectivity index (χ0) is 17.9. The van der Waals surface area contributed by atoms with Crippen LogP contribution in [0.3, 0.4) is 0 Å². The predicted octanol–water partition coefficient (Wildman–Crippen LogP) is 4.64. The highest BCUT2D eigenvalue weighted by Crippen LogP contribution is 2.25. The first-order valence-electron chi connectivity index (χ1n) is 8.87. The number of unbranched alkanes of at least 4 members (excludes halogenated alkanes) is 4. The summed E-state index contributed by atoms with van der Waals surface area (Å²) in [6, 6.07) is 0. The molecule has 0 saturated carbocycles. The van der Waals surface area contributed by atoms with Crippen molar-refractivity contribution in [1.82, 2.24) is 9.88 Å². The molecule has 0 aliphatic heterocycles. The van der Waals surface area contributed by atoms with Gasteiger partial charge in [-0.3, -0.25) is 4.79 Å². The highest BCUT2D eigenvalue weighted by atomic mass is 16.5. The average Bonchev–Trinajstić information content (AvgIpc) is 2.95. The third kappa shape index (κ3) is 6.75. The summed E-state index contributed by atoms with van der Waals surface area (Å²) >= 11 is 0. The molecule has 1 rings (SSSR count). The molecule has 1 aromatic heterocycles. The van der Waals surface area contributed by atoms with E-state index in [1.807, 2.05) is 20.3 Å². The molecule has 0 bridgehead atoms. The smallest absolute Gasteiger partial charge is 0.311 e. The molecule has 0 amide bonds. The Bertz CT molecular complexity index is 544. The van der Waals surface area contributed by atoms with E-state index in [-0.39, 0.29) is 5.97 Å². The van der Waals surface area contributed by atoms with Crippen LogP contribution in [0.5, 0.6) is 0 Å². The fraction of sp³-hybridized carbons (Fsp3) is 0.550. The van der Waals surface area contributed by atoms with Gasteiger partial charge >= 0.3 is 5.97 Å². The van der Waals surface area contributed by atoms with E-state index in [9.17, 15) is 4.79 Å². The Hall–Kier alpha value is -1.81. The van der Waals surface area contributed by atoms with E-state index in [1.165, 1.54) is 19.3 Å². The minimum Gasteiger partial charge on any atom is -0.426 e. The summed E-state index contributed by atoms with van der Waals surface area (Å²) in [6.07, 6.45) is 10.5. The maximum atomic E-state index is 12.0. The summed E-state index contributed by atoms with van der Waals surface area (Å²) in [5.41, 5.74) is 2.81. The number of nitrogens with one attached hydrogen (secondary N) is 1. The van der Waals surface area contributed by atoms with E-state index in [0.717, 1.165) is 42.6 Å². The molecule has 0 aliphatic carbocycles. The number of H-pyrrole nitrogens is 1. The molecule has 0 saturated heterocycles. The van der Waals surface area contributed by atoms with Crippen molar-refractivity contribution in [2.75, 3.05) is 20.6 Å². The van der Waals surface area contributed by atoms with Crippen LogP contribution in [0, 0.1) is 0 Å². The van der Waals surface area contributed by atoms with Crippen molar-refractivity contribution in [2.24, 2.45) is 0 Å². The number of rotatable bonds is 12. The van der Waals surface area contributed by atoms with Gasteiger partial charge in [-0.05, 0) is 38.6 Å². The molecule has 0 aromatic carbocycles. The molecule has 0 aliphatic rings. The lowest BCUT2D eigenvalue weighted by molar-refractivity contribution is -0.136. The largest absolute Gasteiger partial charge is 0.426 e. The molecule has 0 radical (unpaired) electrons. The van der Waals surface area contributed by atoms with Gasteiger partial charge in [-0.15, -0.1) is 0 Å². The van der Waals surface area contributed by atoms with Gasteiger partial charge in [0, 0.05) is 30.4 Å². The van der Waals surface area contributed by atoms with E-state index in [4.69, 9.17) is 4.74 Å². The predicted molar refractivity (Wildman–Crippen MR) is 102 cm³/mol. The van der Waals surface area contributed by atoms with Gasteiger partial charge in [-0.25, -0.2) is 0 Å². The van der Waals surface area contributed by atoms with Crippen LogP contribution in [0.1, 0.15) is 62.3 Å². The van der Waals surface area contributed by atoms with Crippen LogP contribution in [0.25, 0.3) is 11.8 Å². The molecule has 1 N–H and O–H groups in total. The Balaban J connectivity index is 2.60. The number of carbonyl (C=O) groups is 1. The normalized spacial score (nSPS) is 10.8. The van der Waals surface area contributed by atoms with Crippen LogP contribution < -0.4 is 0 Å². The summed E-state index contributed by atoms with van der Waals surface area (Å²) < 4.78 is 5.48. The standard InChI is InChI=1S/C20H32N2O2/c1-6-8-9-10-11-12-19(23)24-16(3)20-17(13-14-22(4)5)15-21-18(20)7-2/h7,15,21H,2-3,6,8-14H2,1,4-5H3. The number of aromatic amines is 1.